The molecule has 4 aromatic rings. The summed E-state index contributed by atoms with van der Waals surface area (Å²) in [5, 5.41) is 0. The first-order chi connectivity index (χ1) is 17.5. The van der Waals surface area contributed by atoms with Crippen LogP contribution in [0.5, 0.6) is 17.2 Å². The number of hydrogen-bond donors (Lipinski definition) is 0. The third-order valence-electron chi connectivity index (χ3n) is 5.72. The summed E-state index contributed by atoms with van der Waals surface area (Å²) in [4.78, 5) is 0.203. The molecule has 0 aliphatic heterocycles. The zero-order valence-corrected chi connectivity index (χ0v) is 21.1. The van der Waals surface area contributed by atoms with Crippen molar-refractivity contribution in [2.24, 2.45) is 0 Å². The molecule has 0 radical (unpaired) electrons. The molecule has 0 fully saturated rings. The fourth-order valence-electron chi connectivity index (χ4n) is 3.78. The van der Waals surface area contributed by atoms with Crippen LogP contribution in [0.15, 0.2) is 108 Å². The molecule has 0 aromatic heterocycles. The van der Waals surface area contributed by atoms with Crippen LogP contribution < -0.4 is 14.2 Å². The quantitative estimate of drug-likeness (QED) is 0.264. The Morgan fingerprint density at radius 2 is 1.25 bits per heavy atom. The first-order valence-corrected chi connectivity index (χ1v) is 13.0. The van der Waals surface area contributed by atoms with E-state index in [9.17, 15) is 8.42 Å². The second-order valence-electron chi connectivity index (χ2n) is 8.19. The van der Waals surface area contributed by atoms with E-state index in [4.69, 9.17) is 14.2 Å². The Morgan fingerprint density at radius 3 is 1.86 bits per heavy atom. The van der Waals surface area contributed by atoms with Crippen LogP contribution in [-0.4, -0.2) is 26.9 Å². The maximum Gasteiger partial charge on any atom is 0.243 e. The number of ether oxygens (including phenoxy) is 3. The van der Waals surface area contributed by atoms with Gasteiger partial charge in [0.15, 0.2) is 11.5 Å². The van der Waals surface area contributed by atoms with E-state index in [2.05, 4.69) is 0 Å². The van der Waals surface area contributed by atoms with Crippen molar-refractivity contribution < 1.29 is 22.6 Å². The van der Waals surface area contributed by atoms with Gasteiger partial charge in [-0.1, -0.05) is 66.7 Å². The maximum atomic E-state index is 13.7. The van der Waals surface area contributed by atoms with Crippen molar-refractivity contribution in [3.63, 3.8) is 0 Å². The van der Waals surface area contributed by atoms with Gasteiger partial charge in [0.05, 0.1) is 19.1 Å². The molecule has 0 aliphatic carbocycles. The summed E-state index contributed by atoms with van der Waals surface area (Å²) in [6.07, 6.45) is 0. The van der Waals surface area contributed by atoms with Crippen LogP contribution in [-0.2, 0) is 29.7 Å². The number of rotatable bonds is 11. The minimum absolute atomic E-state index is 0.165. The summed E-state index contributed by atoms with van der Waals surface area (Å²) in [7, 11) is -0.671. The van der Waals surface area contributed by atoms with E-state index in [1.54, 1.807) is 38.5 Å². The smallest absolute Gasteiger partial charge is 0.243 e. The van der Waals surface area contributed by atoms with Crippen LogP contribution in [0.2, 0.25) is 0 Å². The molecular formula is C29H29NO5S. The van der Waals surface area contributed by atoms with E-state index < -0.39 is 10.0 Å². The Balaban J connectivity index is 1.60. The van der Waals surface area contributed by atoms with Crippen LogP contribution in [0, 0.1) is 0 Å². The summed E-state index contributed by atoms with van der Waals surface area (Å²) in [5.74, 6) is 1.74. The first kappa shape index (κ1) is 25.3. The van der Waals surface area contributed by atoms with Crippen molar-refractivity contribution in [1.82, 2.24) is 4.31 Å². The lowest BCUT2D eigenvalue weighted by Crippen LogP contribution is -2.30. The van der Waals surface area contributed by atoms with Crippen molar-refractivity contribution >= 4 is 10.0 Å². The van der Waals surface area contributed by atoms with Gasteiger partial charge < -0.3 is 14.2 Å². The number of benzene rings is 4. The summed E-state index contributed by atoms with van der Waals surface area (Å²) in [6.45, 7) is 0.797. The Hall–Kier alpha value is -3.81. The fraction of sp³-hybridized carbons (Fsp3) is 0.172. The van der Waals surface area contributed by atoms with Crippen molar-refractivity contribution in [2.75, 3.05) is 14.2 Å². The molecule has 0 unspecified atom stereocenters. The Morgan fingerprint density at radius 1 is 0.639 bits per heavy atom. The molecule has 4 aromatic carbocycles. The predicted octanol–water partition coefficient (Wildman–Crippen LogP) is 5.67. The van der Waals surface area contributed by atoms with Gasteiger partial charge in [-0.25, -0.2) is 8.42 Å². The number of methoxy groups -OCH3 is 2. The molecule has 0 atom stereocenters. The van der Waals surface area contributed by atoms with Crippen molar-refractivity contribution in [3.8, 4) is 17.2 Å². The lowest BCUT2D eigenvalue weighted by molar-refractivity contribution is 0.284. The van der Waals surface area contributed by atoms with Crippen molar-refractivity contribution in [3.05, 3.63) is 120 Å². The van der Waals surface area contributed by atoms with Crippen LogP contribution >= 0.6 is 0 Å². The molecule has 0 bridgehead atoms. The van der Waals surface area contributed by atoms with Gasteiger partial charge in [0.1, 0.15) is 12.4 Å². The number of hydrogen-bond acceptors (Lipinski definition) is 5. The molecule has 0 aliphatic rings. The molecule has 0 heterocycles. The van der Waals surface area contributed by atoms with Gasteiger partial charge in [-0.2, -0.15) is 4.31 Å². The Labute approximate surface area is 212 Å². The molecule has 0 saturated carbocycles. The van der Waals surface area contributed by atoms with Gasteiger partial charge in [0, 0.05) is 13.1 Å². The van der Waals surface area contributed by atoms with Gasteiger partial charge in [-0.05, 0) is 53.1 Å². The molecule has 7 heteroatoms. The van der Waals surface area contributed by atoms with E-state index in [1.807, 2.05) is 78.9 Å². The Bertz CT molecular complexity index is 1360. The minimum Gasteiger partial charge on any atom is -0.497 e. The number of sulfonamides is 1. The van der Waals surface area contributed by atoms with E-state index in [-0.39, 0.29) is 18.0 Å². The van der Waals surface area contributed by atoms with E-state index in [1.165, 1.54) is 4.31 Å². The SMILES string of the molecule is COc1ccc(S(=O)(=O)N(Cc2ccccc2)Cc2ccc(OCc3ccccc3)c(OC)c2)cc1. The average molecular weight is 504 g/mol. The van der Waals surface area contributed by atoms with Gasteiger partial charge in [-0.3, -0.25) is 0 Å². The van der Waals surface area contributed by atoms with Crippen LogP contribution in [0.1, 0.15) is 16.7 Å². The normalized spacial score (nSPS) is 11.3. The molecule has 0 N–H and O–H groups in total. The third kappa shape index (κ3) is 6.24. The molecule has 36 heavy (non-hydrogen) atoms. The lowest BCUT2D eigenvalue weighted by Gasteiger charge is -2.23. The highest BCUT2D eigenvalue weighted by Gasteiger charge is 2.25. The molecule has 0 amide bonds. The third-order valence-corrected chi connectivity index (χ3v) is 7.53. The highest BCUT2D eigenvalue weighted by Crippen LogP contribution is 2.31. The highest BCUT2D eigenvalue weighted by molar-refractivity contribution is 7.89. The van der Waals surface area contributed by atoms with E-state index in [0.717, 1.165) is 16.7 Å². The average Bonchev–Trinajstić information content (AvgIpc) is 2.93. The van der Waals surface area contributed by atoms with Gasteiger partial charge in [0.2, 0.25) is 10.0 Å². The fourth-order valence-corrected chi connectivity index (χ4v) is 5.19. The molecule has 186 valence electrons. The lowest BCUT2D eigenvalue weighted by atomic mass is 10.2. The van der Waals surface area contributed by atoms with Crippen LogP contribution in [0.3, 0.4) is 0 Å². The molecular weight excluding hydrogens is 474 g/mol. The zero-order chi connectivity index (χ0) is 25.4. The molecule has 4 rings (SSSR count). The molecule has 0 saturated heterocycles. The van der Waals surface area contributed by atoms with Gasteiger partial charge >= 0.3 is 0 Å². The zero-order valence-electron chi connectivity index (χ0n) is 20.3. The summed E-state index contributed by atoms with van der Waals surface area (Å²) < 4.78 is 45.5. The minimum atomic E-state index is -3.79. The van der Waals surface area contributed by atoms with E-state index in [0.29, 0.717) is 23.9 Å². The van der Waals surface area contributed by atoms with Crippen LogP contribution in [0.4, 0.5) is 0 Å². The topological polar surface area (TPSA) is 65.1 Å². The first-order valence-electron chi connectivity index (χ1n) is 11.5. The standard InChI is InChI=1S/C29H29NO5S/c1-33-26-14-16-27(17-15-26)36(31,32)30(20-23-9-5-3-6-10-23)21-25-13-18-28(29(19-25)34-2)35-22-24-11-7-4-8-12-24/h3-19H,20-22H2,1-2H3. The number of nitrogens with zero attached hydrogens (tertiary/aromatic N) is 1. The van der Waals surface area contributed by atoms with Crippen molar-refractivity contribution in [1.29, 1.82) is 0 Å². The largest absolute Gasteiger partial charge is 0.497 e. The van der Waals surface area contributed by atoms with Gasteiger partial charge in [-0.15, -0.1) is 0 Å². The van der Waals surface area contributed by atoms with Gasteiger partial charge in [0.25, 0.3) is 0 Å². The predicted molar refractivity (Wildman–Crippen MR) is 140 cm³/mol. The summed E-state index contributed by atoms with van der Waals surface area (Å²) in [6, 6.07) is 31.3. The summed E-state index contributed by atoms with van der Waals surface area (Å²) >= 11 is 0. The summed E-state index contributed by atoms with van der Waals surface area (Å²) in [5.41, 5.74) is 2.72. The second kappa shape index (κ2) is 11.7. The Kier molecular flexibility index (Phi) is 8.25. The highest BCUT2D eigenvalue weighted by atomic mass is 32.2. The van der Waals surface area contributed by atoms with Crippen LogP contribution in [0.25, 0.3) is 0 Å². The van der Waals surface area contributed by atoms with E-state index >= 15 is 0 Å². The molecule has 0 spiro atoms. The monoisotopic (exact) mass is 503 g/mol. The second-order valence-corrected chi connectivity index (χ2v) is 10.1. The van der Waals surface area contributed by atoms with Crippen molar-refractivity contribution in [2.45, 2.75) is 24.6 Å². The molecule has 6 nitrogen and oxygen atoms in total. The maximum absolute atomic E-state index is 13.7.